The highest BCUT2D eigenvalue weighted by atomic mass is 79.9. The second kappa shape index (κ2) is 10.2. The van der Waals surface area contributed by atoms with Crippen molar-refractivity contribution in [3.8, 4) is 0 Å². The molecule has 0 heterocycles. The van der Waals surface area contributed by atoms with Crippen LogP contribution in [-0.4, -0.2) is 5.28 Å². The molecule has 0 rings (SSSR count). The predicted molar refractivity (Wildman–Crippen MR) is 56.3 cm³/mol. The first-order valence-electron chi connectivity index (χ1n) is 5.36. The summed E-state index contributed by atoms with van der Waals surface area (Å²) in [5, 5.41) is -1.16. The number of halogens is 1. The first-order chi connectivity index (χ1) is 6.06. The van der Waals surface area contributed by atoms with Gasteiger partial charge in [-0.2, -0.15) is 0 Å². The van der Waals surface area contributed by atoms with E-state index in [9.17, 15) is 0 Å². The molecule has 1 heteroatoms. The Morgan fingerprint density at radius 2 is 1.64 bits per heavy atom. The second-order valence-electron chi connectivity index (χ2n) is 2.73. The fourth-order valence-corrected chi connectivity index (χ4v) is 1.29. The largest absolute Gasteiger partial charge is 0.103 e. The molecular formula is C10H19Br. The van der Waals surface area contributed by atoms with Crippen molar-refractivity contribution in [1.29, 1.82) is 0 Å². The van der Waals surface area contributed by atoms with E-state index in [-0.39, 0.29) is 0 Å². The number of hydrogen-bond donors (Lipinski definition) is 0. The minimum absolute atomic E-state index is 0.620. The Balaban J connectivity index is 3.04. The molecule has 11 heavy (non-hydrogen) atoms. The quantitative estimate of drug-likeness (QED) is 0.325. The maximum absolute atomic E-state index is 7.25. The Hall–Kier alpha value is 0.220. The zero-order chi connectivity index (χ0) is 10.2. The number of allylic oxidation sites excluding steroid dienone is 1. The molecule has 0 aromatic carbocycles. The Labute approximate surface area is 82.0 Å². The van der Waals surface area contributed by atoms with E-state index < -0.39 is 5.28 Å². The third-order valence-electron chi connectivity index (χ3n) is 1.68. The third-order valence-corrected chi connectivity index (χ3v) is 2.08. The molecule has 0 saturated carbocycles. The van der Waals surface area contributed by atoms with Gasteiger partial charge in [-0.3, -0.25) is 0 Å². The summed E-state index contributed by atoms with van der Waals surface area (Å²) >= 11 is 2.99. The van der Waals surface area contributed by atoms with Crippen LogP contribution in [0, 0.1) is 0 Å². The molecule has 0 aliphatic rings. The molecule has 0 saturated heterocycles. The zero-order valence-corrected chi connectivity index (χ0v) is 8.70. The fraction of sp³-hybridized carbons (Fsp3) is 0.800. The van der Waals surface area contributed by atoms with Crippen LogP contribution in [0.3, 0.4) is 0 Å². The molecular weight excluding hydrogens is 200 g/mol. The van der Waals surface area contributed by atoms with E-state index in [0.29, 0.717) is 6.42 Å². The first kappa shape index (κ1) is 7.85. The Bertz CT molecular complexity index is 129. The van der Waals surface area contributed by atoms with Crippen molar-refractivity contribution < 1.29 is 2.74 Å². The lowest BCUT2D eigenvalue weighted by Gasteiger charge is -1.97. The average Bonchev–Trinajstić information content (AvgIpc) is 2.01. The van der Waals surface area contributed by atoms with Gasteiger partial charge in [-0.1, -0.05) is 47.7 Å². The third kappa shape index (κ3) is 10.2. The van der Waals surface area contributed by atoms with Crippen LogP contribution in [0.4, 0.5) is 0 Å². The van der Waals surface area contributed by atoms with E-state index in [2.05, 4.69) is 22.5 Å². The molecule has 0 amide bonds. The number of unbranched alkanes of at least 4 members (excludes halogenated alkanes) is 5. The summed E-state index contributed by atoms with van der Waals surface area (Å²) in [6.07, 6.45) is 9.50. The molecule has 0 fully saturated rings. The van der Waals surface area contributed by atoms with E-state index in [1.54, 1.807) is 0 Å². The first-order valence-corrected chi connectivity index (χ1v) is 5.15. The number of alkyl halides is 1. The lowest BCUT2D eigenvalue weighted by atomic mass is 10.1. The standard InChI is InChI=1S/C10H19Br/c1-2-3-4-5-6-7-8-9-10-11/h2H,1,3-10H2/i10D2. The molecule has 0 aliphatic carbocycles. The van der Waals surface area contributed by atoms with E-state index >= 15 is 0 Å². The predicted octanol–water partition coefficient (Wildman–Crippen LogP) is 4.30. The van der Waals surface area contributed by atoms with E-state index in [1.807, 2.05) is 6.08 Å². The van der Waals surface area contributed by atoms with Crippen molar-refractivity contribution in [2.45, 2.75) is 44.9 Å². The zero-order valence-electron chi connectivity index (χ0n) is 9.11. The molecule has 0 atom stereocenters. The van der Waals surface area contributed by atoms with Gasteiger partial charge in [0.05, 0.1) is 0 Å². The van der Waals surface area contributed by atoms with Crippen LogP contribution in [0.1, 0.15) is 47.7 Å². The second-order valence-corrected chi connectivity index (χ2v) is 3.29. The van der Waals surface area contributed by atoms with Gasteiger partial charge >= 0.3 is 0 Å². The van der Waals surface area contributed by atoms with Crippen LogP contribution < -0.4 is 0 Å². The summed E-state index contributed by atoms with van der Waals surface area (Å²) in [6.45, 7) is 3.67. The molecule has 0 aliphatic heterocycles. The van der Waals surface area contributed by atoms with E-state index in [0.717, 1.165) is 19.3 Å². The monoisotopic (exact) mass is 220 g/mol. The maximum Gasteiger partial charge on any atom is 0.0387 e. The van der Waals surface area contributed by atoms with E-state index in [1.165, 1.54) is 19.3 Å². The van der Waals surface area contributed by atoms with Gasteiger partial charge in [0, 0.05) is 8.02 Å². The summed E-state index contributed by atoms with van der Waals surface area (Å²) in [5.41, 5.74) is 0. The average molecular weight is 221 g/mol. The summed E-state index contributed by atoms with van der Waals surface area (Å²) in [7, 11) is 0. The molecule has 0 unspecified atom stereocenters. The molecule has 0 nitrogen and oxygen atoms in total. The molecule has 0 aromatic rings. The SMILES string of the molecule is [2H]C([2H])(Br)CCCCCCCC=C. The maximum atomic E-state index is 7.25. The Morgan fingerprint density at radius 3 is 2.18 bits per heavy atom. The van der Waals surface area contributed by atoms with Gasteiger partial charge < -0.3 is 0 Å². The fourth-order valence-electron chi connectivity index (χ4n) is 1.01. The Morgan fingerprint density at radius 1 is 1.09 bits per heavy atom. The summed E-state index contributed by atoms with van der Waals surface area (Å²) in [4.78, 5) is 0. The highest BCUT2D eigenvalue weighted by Gasteiger charge is 1.88. The molecule has 0 N–H and O–H groups in total. The minimum Gasteiger partial charge on any atom is -0.103 e. The van der Waals surface area contributed by atoms with Gasteiger partial charge in [0.2, 0.25) is 0 Å². The molecule has 0 bridgehead atoms. The van der Waals surface area contributed by atoms with Crippen LogP contribution in [0.2, 0.25) is 0 Å². The highest BCUT2D eigenvalue weighted by molar-refractivity contribution is 9.09. The lowest BCUT2D eigenvalue weighted by molar-refractivity contribution is 0.614. The van der Waals surface area contributed by atoms with Gasteiger partial charge in [0.1, 0.15) is 0 Å². The van der Waals surface area contributed by atoms with Crippen molar-refractivity contribution in [2.24, 2.45) is 0 Å². The van der Waals surface area contributed by atoms with Gasteiger partial charge in [-0.25, -0.2) is 0 Å². The van der Waals surface area contributed by atoms with Gasteiger partial charge in [-0.05, 0) is 19.3 Å². The van der Waals surface area contributed by atoms with Crippen molar-refractivity contribution >= 4 is 15.9 Å². The highest BCUT2D eigenvalue weighted by Crippen LogP contribution is 2.07. The van der Waals surface area contributed by atoms with Crippen molar-refractivity contribution in [2.75, 3.05) is 5.28 Å². The van der Waals surface area contributed by atoms with Gasteiger partial charge in [0.25, 0.3) is 0 Å². The van der Waals surface area contributed by atoms with E-state index in [4.69, 9.17) is 2.74 Å². The topological polar surface area (TPSA) is 0 Å². The Kier molecular flexibility index (Phi) is 7.29. The molecule has 66 valence electrons. The van der Waals surface area contributed by atoms with Crippen LogP contribution >= 0.6 is 15.9 Å². The van der Waals surface area contributed by atoms with Gasteiger partial charge in [-0.15, -0.1) is 6.58 Å². The van der Waals surface area contributed by atoms with Gasteiger partial charge in [0.15, 0.2) is 0 Å². The summed E-state index contributed by atoms with van der Waals surface area (Å²) < 4.78 is 14.5. The van der Waals surface area contributed by atoms with Crippen LogP contribution in [0.5, 0.6) is 0 Å². The van der Waals surface area contributed by atoms with Crippen molar-refractivity contribution in [1.82, 2.24) is 0 Å². The van der Waals surface area contributed by atoms with Crippen LogP contribution in [-0.2, 0) is 0 Å². The normalized spacial score (nSPS) is 13.9. The number of rotatable bonds is 8. The van der Waals surface area contributed by atoms with Crippen molar-refractivity contribution in [3.05, 3.63) is 12.7 Å². The smallest absolute Gasteiger partial charge is 0.0387 e. The van der Waals surface area contributed by atoms with Crippen LogP contribution in [0.15, 0.2) is 12.7 Å². The molecule has 0 aromatic heterocycles. The lowest BCUT2D eigenvalue weighted by Crippen LogP contribution is -1.79. The minimum atomic E-state index is -1.16. The summed E-state index contributed by atoms with van der Waals surface area (Å²) in [5.74, 6) is 0. The van der Waals surface area contributed by atoms with Crippen LogP contribution in [0.25, 0.3) is 0 Å². The van der Waals surface area contributed by atoms with Crippen molar-refractivity contribution in [3.63, 3.8) is 0 Å². The number of hydrogen-bond acceptors (Lipinski definition) is 0. The molecule has 0 radical (unpaired) electrons. The molecule has 0 spiro atoms. The summed E-state index contributed by atoms with van der Waals surface area (Å²) in [6, 6.07) is 0.